The number of benzene rings is 1. The van der Waals surface area contributed by atoms with Gasteiger partial charge in [0.25, 0.3) is 5.91 Å². The molecule has 1 atom stereocenters. The van der Waals surface area contributed by atoms with Crippen molar-refractivity contribution in [3.8, 4) is 0 Å². The Kier molecular flexibility index (Phi) is 8.07. The average molecular weight is 564 g/mol. The highest BCUT2D eigenvalue weighted by Gasteiger charge is 2.42. The maximum absolute atomic E-state index is 13.2. The van der Waals surface area contributed by atoms with Crippen LogP contribution in [-0.4, -0.2) is 63.0 Å². The Morgan fingerprint density at radius 3 is 2.50 bits per heavy atom. The van der Waals surface area contributed by atoms with Gasteiger partial charge in [0.1, 0.15) is 5.00 Å². The van der Waals surface area contributed by atoms with Crippen LogP contribution in [0.1, 0.15) is 78.6 Å². The van der Waals surface area contributed by atoms with Crippen molar-refractivity contribution in [1.82, 2.24) is 9.62 Å². The quantitative estimate of drug-likeness (QED) is 0.464. The monoisotopic (exact) mass is 563 g/mol. The smallest absolute Gasteiger partial charge is 0.341 e. The summed E-state index contributed by atoms with van der Waals surface area (Å²) in [5.41, 5.74) is 0.895. The van der Waals surface area contributed by atoms with Crippen molar-refractivity contribution in [2.75, 3.05) is 32.1 Å². The van der Waals surface area contributed by atoms with Gasteiger partial charge in [0.05, 0.1) is 23.2 Å². The van der Waals surface area contributed by atoms with Gasteiger partial charge in [-0.2, -0.15) is 4.31 Å². The van der Waals surface area contributed by atoms with Crippen LogP contribution in [0.3, 0.4) is 0 Å². The van der Waals surface area contributed by atoms with Crippen molar-refractivity contribution >= 4 is 38.2 Å². The molecule has 2 aliphatic heterocycles. The van der Waals surface area contributed by atoms with Crippen LogP contribution in [0.25, 0.3) is 0 Å². The third kappa shape index (κ3) is 5.81. The average Bonchev–Trinajstić information content (AvgIpc) is 3.46. The third-order valence-corrected chi connectivity index (χ3v) is 10.2. The summed E-state index contributed by atoms with van der Waals surface area (Å²) in [5, 5.41) is 6.94. The number of hydrogen-bond donors (Lipinski definition) is 2. The second kappa shape index (κ2) is 10.7. The third-order valence-electron chi connectivity index (χ3n) is 6.86. The zero-order valence-corrected chi connectivity index (χ0v) is 24.5. The van der Waals surface area contributed by atoms with E-state index in [0.29, 0.717) is 23.6 Å². The van der Waals surface area contributed by atoms with E-state index in [4.69, 9.17) is 9.47 Å². The highest BCUT2D eigenvalue weighted by molar-refractivity contribution is 7.89. The summed E-state index contributed by atoms with van der Waals surface area (Å²) in [4.78, 5) is 27.3. The van der Waals surface area contributed by atoms with Gasteiger partial charge < -0.3 is 20.1 Å². The molecule has 2 N–H and O–H groups in total. The Labute approximate surface area is 228 Å². The predicted octanol–water partition coefficient (Wildman–Crippen LogP) is 4.14. The predicted molar refractivity (Wildman–Crippen MR) is 147 cm³/mol. The molecule has 4 rings (SSSR count). The van der Waals surface area contributed by atoms with E-state index in [1.165, 1.54) is 47.0 Å². The van der Waals surface area contributed by atoms with Crippen molar-refractivity contribution in [3.63, 3.8) is 0 Å². The van der Waals surface area contributed by atoms with Crippen molar-refractivity contribution < 1.29 is 27.5 Å². The number of esters is 1. The first-order chi connectivity index (χ1) is 17.7. The number of anilines is 1. The Bertz CT molecular complexity index is 1310. The lowest BCUT2D eigenvalue weighted by molar-refractivity contribution is 0.0525. The molecule has 1 saturated heterocycles. The highest BCUT2D eigenvalue weighted by Crippen LogP contribution is 2.45. The zero-order chi connectivity index (χ0) is 27.9. The zero-order valence-electron chi connectivity index (χ0n) is 22.8. The van der Waals surface area contributed by atoms with Gasteiger partial charge in [0.2, 0.25) is 10.0 Å². The summed E-state index contributed by atoms with van der Waals surface area (Å²) in [6, 6.07) is 5.82. The lowest BCUT2D eigenvalue weighted by Crippen LogP contribution is -2.55. The van der Waals surface area contributed by atoms with Crippen LogP contribution in [0.5, 0.6) is 0 Å². The molecule has 1 aromatic heterocycles. The number of amides is 1. The van der Waals surface area contributed by atoms with E-state index in [2.05, 4.69) is 38.3 Å². The van der Waals surface area contributed by atoms with Gasteiger partial charge in [-0.25, -0.2) is 13.2 Å². The lowest BCUT2D eigenvalue weighted by atomic mass is 9.81. The first kappa shape index (κ1) is 28.7. The Morgan fingerprint density at radius 1 is 1.21 bits per heavy atom. The fourth-order valence-corrected chi connectivity index (χ4v) is 7.80. The Hall–Kier alpha value is -2.31. The Balaban J connectivity index is 1.58. The number of rotatable bonds is 8. The number of thiophene rings is 1. The van der Waals surface area contributed by atoms with Crippen LogP contribution >= 0.6 is 11.3 Å². The number of ether oxygens (including phenoxy) is 2. The number of nitrogens with one attached hydrogen (secondary N) is 2. The van der Waals surface area contributed by atoms with Crippen molar-refractivity contribution in [1.29, 1.82) is 0 Å². The second-order valence-corrected chi connectivity index (χ2v) is 14.1. The largest absolute Gasteiger partial charge is 0.462 e. The van der Waals surface area contributed by atoms with Crippen LogP contribution in [0, 0.1) is 0 Å². The molecule has 1 amide bonds. The molecule has 208 valence electrons. The van der Waals surface area contributed by atoms with Crippen molar-refractivity contribution in [2.45, 2.75) is 76.0 Å². The Morgan fingerprint density at radius 2 is 1.89 bits per heavy atom. The van der Waals surface area contributed by atoms with Gasteiger partial charge in [-0.1, -0.05) is 0 Å². The summed E-state index contributed by atoms with van der Waals surface area (Å²) >= 11 is 1.36. The van der Waals surface area contributed by atoms with Crippen LogP contribution in [0.4, 0.5) is 5.00 Å². The second-order valence-electron chi connectivity index (χ2n) is 11.0. The van der Waals surface area contributed by atoms with Crippen molar-refractivity contribution in [3.05, 3.63) is 45.8 Å². The summed E-state index contributed by atoms with van der Waals surface area (Å²) in [6.45, 7) is 11.2. The number of hydrogen-bond acceptors (Lipinski definition) is 8. The molecule has 0 radical (unpaired) electrons. The number of likely N-dealkylation sites (N-methyl/N-ethyl adjacent to an activating group) is 1. The minimum Gasteiger partial charge on any atom is -0.462 e. The maximum Gasteiger partial charge on any atom is 0.341 e. The molecule has 2 aromatic rings. The molecule has 11 heteroatoms. The highest BCUT2D eigenvalue weighted by atomic mass is 32.2. The van der Waals surface area contributed by atoms with E-state index in [1.807, 2.05) is 0 Å². The van der Waals surface area contributed by atoms with Gasteiger partial charge in [-0.05, 0) is 83.7 Å². The van der Waals surface area contributed by atoms with E-state index in [0.717, 1.165) is 23.3 Å². The molecule has 3 heterocycles. The van der Waals surface area contributed by atoms with Crippen LogP contribution in [0.2, 0.25) is 0 Å². The van der Waals surface area contributed by atoms with E-state index in [9.17, 15) is 18.0 Å². The van der Waals surface area contributed by atoms with E-state index in [-0.39, 0.29) is 35.3 Å². The summed E-state index contributed by atoms with van der Waals surface area (Å²) < 4.78 is 38.2. The van der Waals surface area contributed by atoms with Crippen LogP contribution < -0.4 is 10.6 Å². The molecule has 0 spiro atoms. The van der Waals surface area contributed by atoms with Gasteiger partial charge >= 0.3 is 5.97 Å². The minimum absolute atomic E-state index is 0.100. The molecule has 1 fully saturated rings. The number of carbonyl (C=O) groups excluding carboxylic acids is 2. The number of sulfonamides is 1. The fraction of sp³-hybridized carbons (Fsp3) is 0.556. The van der Waals surface area contributed by atoms with Crippen LogP contribution in [0.15, 0.2) is 29.2 Å². The summed E-state index contributed by atoms with van der Waals surface area (Å²) in [6.07, 6.45) is 2.28. The van der Waals surface area contributed by atoms with E-state index < -0.39 is 27.4 Å². The van der Waals surface area contributed by atoms with Gasteiger partial charge in [-0.15, -0.1) is 11.3 Å². The number of nitrogens with zero attached hydrogens (tertiary/aromatic N) is 1. The molecule has 0 bridgehead atoms. The number of fused-ring (bicyclic) bond motifs is 1. The van der Waals surface area contributed by atoms with E-state index >= 15 is 0 Å². The molecule has 1 unspecified atom stereocenters. The topological polar surface area (TPSA) is 114 Å². The molecule has 9 nitrogen and oxygen atoms in total. The molecule has 0 aliphatic carbocycles. The van der Waals surface area contributed by atoms with Gasteiger partial charge in [0.15, 0.2) is 0 Å². The molecule has 1 aromatic carbocycles. The first-order valence-corrected chi connectivity index (χ1v) is 15.1. The van der Waals surface area contributed by atoms with E-state index in [1.54, 1.807) is 6.92 Å². The SMILES string of the molecule is CCOC(=O)c1c(NC(=O)c2ccc(S(=O)(=O)N(C)CC3CCCO3)cc2)sc2c1CC(C)(C)NC2(C)C. The molecular weight excluding hydrogens is 526 g/mol. The van der Waals surface area contributed by atoms with Gasteiger partial charge in [0, 0.05) is 41.7 Å². The van der Waals surface area contributed by atoms with Crippen LogP contribution in [-0.2, 0) is 31.5 Å². The lowest BCUT2D eigenvalue weighted by Gasteiger charge is -2.42. The molecule has 2 aliphatic rings. The van der Waals surface area contributed by atoms with Crippen molar-refractivity contribution in [2.24, 2.45) is 0 Å². The summed E-state index contributed by atoms with van der Waals surface area (Å²) in [7, 11) is -2.19. The fourth-order valence-electron chi connectivity index (χ4n) is 5.34. The molecule has 0 saturated carbocycles. The summed E-state index contributed by atoms with van der Waals surface area (Å²) in [5.74, 6) is -0.902. The standard InChI is InChI=1S/C27H37N3O6S2/c1-7-35-25(32)21-20-15-26(2,3)29-27(4,5)22(20)37-24(21)28-23(31)17-10-12-19(13-11-17)38(33,34)30(6)16-18-9-8-14-36-18/h10-13,18,29H,7-9,14-16H2,1-6H3,(H,28,31). The molecular formula is C27H37N3O6S2. The number of carbonyl (C=O) groups is 2. The normalized spacial score (nSPS) is 20.2. The minimum atomic E-state index is -3.72. The maximum atomic E-state index is 13.2. The van der Waals surface area contributed by atoms with Gasteiger partial charge in [-0.3, -0.25) is 4.79 Å². The first-order valence-electron chi connectivity index (χ1n) is 12.9. The molecule has 38 heavy (non-hydrogen) atoms.